The minimum Gasteiger partial charge on any atom is -0.398 e. The van der Waals surface area contributed by atoms with Crippen LogP contribution in [0.4, 0.5) is 11.7 Å². The van der Waals surface area contributed by atoms with E-state index in [-0.39, 0.29) is 0 Å². The largest absolute Gasteiger partial charge is 0.398 e. The predicted octanol–water partition coefficient (Wildman–Crippen LogP) is 7.15. The van der Waals surface area contributed by atoms with E-state index in [9.17, 15) is 0 Å². The van der Waals surface area contributed by atoms with Gasteiger partial charge in [0.2, 0.25) is 0 Å². The third-order valence-electron chi connectivity index (χ3n) is 4.59. The van der Waals surface area contributed by atoms with Crippen molar-refractivity contribution >= 4 is 39.4 Å². The lowest BCUT2D eigenvalue weighted by atomic mass is 10.0. The van der Waals surface area contributed by atoms with Crippen molar-refractivity contribution < 1.29 is 4.42 Å². The lowest BCUT2D eigenvalue weighted by Gasteiger charge is -2.10. The molecule has 0 aliphatic heterocycles. The van der Waals surface area contributed by atoms with Gasteiger partial charge in [-0.25, -0.2) is 0 Å². The number of hydrogen-bond acceptors (Lipinski definition) is 5. The number of hydrogen-bond donors (Lipinski definition) is 1. The molecule has 0 saturated heterocycles. The predicted molar refractivity (Wildman–Crippen MR) is 123 cm³/mol. The molecule has 0 radical (unpaired) electrons. The second-order valence-electron chi connectivity index (χ2n) is 6.72. The Morgan fingerprint density at radius 2 is 1.62 bits per heavy atom. The lowest BCUT2D eigenvalue weighted by Crippen LogP contribution is -1.96. The van der Waals surface area contributed by atoms with Gasteiger partial charge in [-0.3, -0.25) is 0 Å². The van der Waals surface area contributed by atoms with E-state index in [1.807, 2.05) is 19.9 Å². The molecule has 0 aliphatic carbocycles. The smallest absolute Gasteiger partial charge is 0.320 e. The first-order valence-corrected chi connectivity index (χ1v) is 11.0. The zero-order valence-corrected chi connectivity index (χ0v) is 18.5. The van der Waals surface area contributed by atoms with Crippen LogP contribution in [0.1, 0.15) is 16.7 Å². The van der Waals surface area contributed by atoms with Crippen molar-refractivity contribution in [2.45, 2.75) is 24.8 Å². The first-order chi connectivity index (χ1) is 14.1. The van der Waals surface area contributed by atoms with Crippen LogP contribution in [0, 0.1) is 13.8 Å². The van der Waals surface area contributed by atoms with Crippen LogP contribution in [0.25, 0.3) is 11.1 Å². The SMILES string of the molecule is Cc1cc(Br)cc(C)c1Nc1nnc(SCc2ccccc2-c2ccccc2)o1. The van der Waals surface area contributed by atoms with E-state index in [0.717, 1.165) is 27.0 Å². The normalized spacial score (nSPS) is 10.9. The summed E-state index contributed by atoms with van der Waals surface area (Å²) in [6.07, 6.45) is 0. The Morgan fingerprint density at radius 1 is 0.931 bits per heavy atom. The molecular weight excluding hydrogens is 446 g/mol. The highest BCUT2D eigenvalue weighted by molar-refractivity contribution is 9.10. The molecule has 0 atom stereocenters. The third-order valence-corrected chi connectivity index (χ3v) is 5.91. The summed E-state index contributed by atoms with van der Waals surface area (Å²) in [5, 5.41) is 12.1. The summed E-state index contributed by atoms with van der Waals surface area (Å²) in [7, 11) is 0. The summed E-state index contributed by atoms with van der Waals surface area (Å²) < 4.78 is 6.87. The Kier molecular flexibility index (Phi) is 6.02. The van der Waals surface area contributed by atoms with Gasteiger partial charge in [-0.05, 0) is 53.8 Å². The standard InChI is InChI=1S/C23H20BrN3OS/c1-15-12-19(24)13-16(2)21(15)25-22-26-27-23(28-22)29-14-18-10-6-7-11-20(18)17-8-4-3-5-9-17/h3-13H,14H2,1-2H3,(H,25,26). The monoisotopic (exact) mass is 465 g/mol. The lowest BCUT2D eigenvalue weighted by molar-refractivity contribution is 0.468. The zero-order chi connectivity index (χ0) is 20.2. The van der Waals surface area contributed by atoms with Crippen LogP contribution in [0.5, 0.6) is 0 Å². The summed E-state index contributed by atoms with van der Waals surface area (Å²) in [5.41, 5.74) is 6.87. The fourth-order valence-electron chi connectivity index (χ4n) is 3.22. The van der Waals surface area contributed by atoms with Crippen LogP contribution >= 0.6 is 27.7 Å². The van der Waals surface area contributed by atoms with Gasteiger partial charge in [0.15, 0.2) is 0 Å². The molecule has 6 heteroatoms. The van der Waals surface area contributed by atoms with Gasteiger partial charge >= 0.3 is 6.01 Å². The molecule has 0 bridgehead atoms. The number of nitrogens with zero attached hydrogens (tertiary/aromatic N) is 2. The molecule has 0 saturated carbocycles. The Hall–Kier alpha value is -2.57. The number of aryl methyl sites for hydroxylation is 2. The van der Waals surface area contributed by atoms with Crippen LogP contribution in [0.2, 0.25) is 0 Å². The van der Waals surface area contributed by atoms with Gasteiger partial charge in [-0.1, -0.05) is 92.5 Å². The van der Waals surface area contributed by atoms with Gasteiger partial charge in [0.05, 0.1) is 0 Å². The number of nitrogens with one attached hydrogen (secondary N) is 1. The van der Waals surface area contributed by atoms with Gasteiger partial charge in [0.25, 0.3) is 5.22 Å². The van der Waals surface area contributed by atoms with Crippen molar-refractivity contribution in [2.24, 2.45) is 0 Å². The maximum Gasteiger partial charge on any atom is 0.320 e. The molecule has 4 aromatic rings. The maximum absolute atomic E-state index is 5.81. The summed E-state index contributed by atoms with van der Waals surface area (Å²) >= 11 is 5.06. The maximum atomic E-state index is 5.81. The molecule has 0 spiro atoms. The van der Waals surface area contributed by atoms with Crippen molar-refractivity contribution in [2.75, 3.05) is 5.32 Å². The van der Waals surface area contributed by atoms with Gasteiger partial charge in [0, 0.05) is 15.9 Å². The highest BCUT2D eigenvalue weighted by Crippen LogP contribution is 2.31. The van der Waals surface area contributed by atoms with Gasteiger partial charge in [0.1, 0.15) is 0 Å². The van der Waals surface area contributed by atoms with Crippen molar-refractivity contribution in [1.82, 2.24) is 10.2 Å². The minimum absolute atomic E-state index is 0.400. The Bertz CT molecular complexity index is 1100. The first kappa shape index (κ1) is 19.7. The van der Waals surface area contributed by atoms with Crippen LogP contribution in [0.15, 0.2) is 80.8 Å². The van der Waals surface area contributed by atoms with Crippen LogP contribution in [0.3, 0.4) is 0 Å². The van der Waals surface area contributed by atoms with E-state index in [1.165, 1.54) is 28.5 Å². The van der Waals surface area contributed by atoms with Crippen molar-refractivity contribution in [3.63, 3.8) is 0 Å². The van der Waals surface area contributed by atoms with Crippen molar-refractivity contribution in [3.8, 4) is 11.1 Å². The van der Waals surface area contributed by atoms with Gasteiger partial charge in [-0.15, -0.1) is 0 Å². The second kappa shape index (κ2) is 8.84. The van der Waals surface area contributed by atoms with Crippen LogP contribution in [-0.4, -0.2) is 10.2 Å². The molecule has 0 fully saturated rings. The Labute approximate surface area is 182 Å². The molecule has 4 nitrogen and oxygen atoms in total. The molecule has 1 N–H and O–H groups in total. The average Bonchev–Trinajstić information content (AvgIpc) is 3.17. The minimum atomic E-state index is 0.400. The number of rotatable bonds is 6. The highest BCUT2D eigenvalue weighted by atomic mass is 79.9. The molecule has 146 valence electrons. The molecule has 1 heterocycles. The van der Waals surface area contributed by atoms with Crippen LogP contribution in [-0.2, 0) is 5.75 Å². The van der Waals surface area contributed by atoms with E-state index in [1.54, 1.807) is 0 Å². The fraction of sp³-hybridized carbons (Fsp3) is 0.130. The number of halogens is 1. The molecule has 1 aromatic heterocycles. The van der Waals surface area contributed by atoms with Crippen LogP contribution < -0.4 is 5.32 Å². The van der Waals surface area contributed by atoms with E-state index in [0.29, 0.717) is 11.2 Å². The van der Waals surface area contributed by atoms with E-state index >= 15 is 0 Å². The first-order valence-electron chi connectivity index (χ1n) is 9.23. The average molecular weight is 466 g/mol. The molecule has 0 amide bonds. The van der Waals surface area contributed by atoms with E-state index in [2.05, 4.69) is 92.1 Å². The third kappa shape index (κ3) is 4.71. The fourth-order valence-corrected chi connectivity index (χ4v) is 4.67. The summed E-state index contributed by atoms with van der Waals surface area (Å²) in [6.45, 7) is 4.10. The number of benzene rings is 3. The summed E-state index contributed by atoms with van der Waals surface area (Å²) in [4.78, 5) is 0. The van der Waals surface area contributed by atoms with E-state index < -0.39 is 0 Å². The topological polar surface area (TPSA) is 51.0 Å². The quantitative estimate of drug-likeness (QED) is 0.306. The van der Waals surface area contributed by atoms with Gasteiger partial charge in [-0.2, -0.15) is 0 Å². The molecule has 29 heavy (non-hydrogen) atoms. The number of anilines is 2. The molecule has 3 aromatic carbocycles. The summed E-state index contributed by atoms with van der Waals surface area (Å²) in [6, 6.07) is 23.3. The molecule has 4 rings (SSSR count). The molecular formula is C23H20BrN3OS. The molecule has 0 unspecified atom stereocenters. The number of aromatic nitrogens is 2. The zero-order valence-electron chi connectivity index (χ0n) is 16.1. The Balaban J connectivity index is 1.48. The summed E-state index contributed by atoms with van der Waals surface area (Å²) in [5.74, 6) is 0.753. The highest BCUT2D eigenvalue weighted by Gasteiger charge is 2.12. The molecule has 0 aliphatic rings. The van der Waals surface area contributed by atoms with Gasteiger partial charge < -0.3 is 9.73 Å². The Morgan fingerprint density at radius 3 is 2.38 bits per heavy atom. The number of thioether (sulfide) groups is 1. The van der Waals surface area contributed by atoms with Crippen molar-refractivity contribution in [3.05, 3.63) is 87.9 Å². The van der Waals surface area contributed by atoms with Crippen molar-refractivity contribution in [1.29, 1.82) is 0 Å². The second-order valence-corrected chi connectivity index (χ2v) is 8.57. The van der Waals surface area contributed by atoms with E-state index in [4.69, 9.17) is 4.42 Å².